The molecule has 3 heterocycles. The number of nitrogens with zero attached hydrogens (tertiary/aromatic N) is 3. The molecule has 1 aliphatic rings. The average Bonchev–Trinajstić information content (AvgIpc) is 3.43. The maximum Gasteiger partial charge on any atom is 0.305 e. The van der Waals surface area contributed by atoms with Gasteiger partial charge in [0.25, 0.3) is 0 Å². The first-order valence-corrected chi connectivity index (χ1v) is 11.5. The summed E-state index contributed by atoms with van der Waals surface area (Å²) >= 11 is 14.5. The summed E-state index contributed by atoms with van der Waals surface area (Å²) in [7, 11) is 0. The van der Waals surface area contributed by atoms with Crippen molar-refractivity contribution in [2.45, 2.75) is 30.1 Å². The first-order valence-electron chi connectivity index (χ1n) is 9.03. The fourth-order valence-electron chi connectivity index (χ4n) is 2.99. The predicted octanol–water partition coefficient (Wildman–Crippen LogP) is 4.51. The number of benzene rings is 1. The fourth-order valence-corrected chi connectivity index (χ4v) is 5.76. The molecule has 1 saturated heterocycles. The number of thioether (sulfide) groups is 1. The molecule has 2 atom stereocenters. The average molecular weight is 500 g/mol. The zero-order valence-corrected chi connectivity index (χ0v) is 18.9. The standard InChI is InChI=1S/C19H15Cl2N3O5S2/c20-10-3-4-13(12(21)6-10)29-9-15-22-23-19(31-15)24-16(7-11-2-1-5-28-11)30-14(18(24)27)8-17(25)26/h1-6,14,16H,7-9H2,(H,25,26). The summed E-state index contributed by atoms with van der Waals surface area (Å²) in [6.45, 7) is 0.107. The predicted molar refractivity (Wildman–Crippen MR) is 118 cm³/mol. The Balaban J connectivity index is 1.50. The number of carboxylic acids is 1. The number of rotatable bonds is 8. The molecule has 8 nitrogen and oxygen atoms in total. The normalized spacial score (nSPS) is 18.5. The summed E-state index contributed by atoms with van der Waals surface area (Å²) in [6, 6.07) is 8.46. The molecule has 0 radical (unpaired) electrons. The maximum atomic E-state index is 12.9. The van der Waals surface area contributed by atoms with Crippen molar-refractivity contribution >= 4 is 63.3 Å². The van der Waals surface area contributed by atoms with E-state index in [2.05, 4.69) is 10.2 Å². The third-order valence-electron chi connectivity index (χ3n) is 4.35. The Morgan fingerprint density at radius 3 is 2.84 bits per heavy atom. The molecule has 2 unspecified atom stereocenters. The lowest BCUT2D eigenvalue weighted by Crippen LogP contribution is -2.36. The van der Waals surface area contributed by atoms with Crippen LogP contribution in [-0.4, -0.2) is 37.8 Å². The van der Waals surface area contributed by atoms with Crippen LogP contribution in [0.2, 0.25) is 10.0 Å². The first kappa shape index (κ1) is 21.9. The molecule has 0 bridgehead atoms. The fraction of sp³-hybridized carbons (Fsp3) is 0.263. The lowest BCUT2D eigenvalue weighted by atomic mass is 10.2. The van der Waals surface area contributed by atoms with Crippen molar-refractivity contribution in [3.05, 3.63) is 57.4 Å². The van der Waals surface area contributed by atoms with Gasteiger partial charge in [0.1, 0.15) is 18.1 Å². The minimum absolute atomic E-state index is 0.107. The Morgan fingerprint density at radius 2 is 2.13 bits per heavy atom. The van der Waals surface area contributed by atoms with Crippen LogP contribution in [0.3, 0.4) is 0 Å². The van der Waals surface area contributed by atoms with Gasteiger partial charge in [-0.1, -0.05) is 34.5 Å². The van der Waals surface area contributed by atoms with Crippen LogP contribution in [0.5, 0.6) is 5.75 Å². The topological polar surface area (TPSA) is 106 Å². The molecule has 162 valence electrons. The van der Waals surface area contributed by atoms with E-state index in [0.29, 0.717) is 38.1 Å². The number of halogens is 2. The second-order valence-corrected chi connectivity index (χ2v) is 9.78. The largest absolute Gasteiger partial charge is 0.485 e. The van der Waals surface area contributed by atoms with E-state index in [1.807, 2.05) is 6.07 Å². The number of amides is 1. The van der Waals surface area contributed by atoms with E-state index in [1.54, 1.807) is 30.5 Å². The number of carboxylic acid groups (broad SMARTS) is 1. The summed E-state index contributed by atoms with van der Waals surface area (Å²) in [5, 5.41) is 18.1. The van der Waals surface area contributed by atoms with E-state index in [4.69, 9.17) is 37.5 Å². The number of furan rings is 1. The summed E-state index contributed by atoms with van der Waals surface area (Å²) in [6.07, 6.45) is 1.71. The summed E-state index contributed by atoms with van der Waals surface area (Å²) in [4.78, 5) is 25.6. The third-order valence-corrected chi connectivity index (χ3v) is 7.16. The van der Waals surface area contributed by atoms with Crippen LogP contribution in [0.15, 0.2) is 41.0 Å². The molecule has 1 N–H and O–H groups in total. The highest BCUT2D eigenvalue weighted by Gasteiger charge is 2.44. The maximum absolute atomic E-state index is 12.9. The molecule has 1 aromatic carbocycles. The molecular weight excluding hydrogens is 485 g/mol. The molecule has 0 saturated carbocycles. The molecule has 1 aliphatic heterocycles. The molecular formula is C19H15Cl2N3O5S2. The summed E-state index contributed by atoms with van der Waals surface area (Å²) in [5.74, 6) is -0.200. The highest BCUT2D eigenvalue weighted by molar-refractivity contribution is 8.02. The second kappa shape index (κ2) is 9.47. The van der Waals surface area contributed by atoms with Gasteiger partial charge in [-0.15, -0.1) is 22.0 Å². The van der Waals surface area contributed by atoms with Crippen LogP contribution in [0.4, 0.5) is 5.13 Å². The van der Waals surface area contributed by atoms with E-state index in [9.17, 15) is 9.59 Å². The van der Waals surface area contributed by atoms with Crippen molar-refractivity contribution in [1.82, 2.24) is 10.2 Å². The molecule has 1 amide bonds. The van der Waals surface area contributed by atoms with E-state index in [0.717, 1.165) is 0 Å². The van der Waals surface area contributed by atoms with Crippen molar-refractivity contribution in [1.29, 1.82) is 0 Å². The quantitative estimate of drug-likeness (QED) is 0.482. The van der Waals surface area contributed by atoms with Crippen LogP contribution < -0.4 is 9.64 Å². The zero-order chi connectivity index (χ0) is 22.0. The molecule has 12 heteroatoms. The van der Waals surface area contributed by atoms with Gasteiger partial charge >= 0.3 is 5.97 Å². The van der Waals surface area contributed by atoms with Crippen molar-refractivity contribution in [2.75, 3.05) is 4.90 Å². The first-order chi connectivity index (χ1) is 14.9. The van der Waals surface area contributed by atoms with Crippen molar-refractivity contribution in [3.8, 4) is 5.75 Å². The molecule has 2 aromatic heterocycles. The van der Waals surface area contributed by atoms with Crippen molar-refractivity contribution in [2.24, 2.45) is 0 Å². The Morgan fingerprint density at radius 1 is 1.29 bits per heavy atom. The van der Waals surface area contributed by atoms with Gasteiger partial charge in [-0.2, -0.15) is 0 Å². The Labute approximate surface area is 195 Å². The molecule has 4 rings (SSSR count). The lowest BCUT2D eigenvalue weighted by Gasteiger charge is -2.19. The van der Waals surface area contributed by atoms with E-state index in [1.165, 1.54) is 28.0 Å². The number of aromatic nitrogens is 2. The summed E-state index contributed by atoms with van der Waals surface area (Å²) < 4.78 is 11.1. The number of anilines is 1. The zero-order valence-electron chi connectivity index (χ0n) is 15.7. The monoisotopic (exact) mass is 499 g/mol. The Kier molecular flexibility index (Phi) is 6.71. The van der Waals surface area contributed by atoms with Crippen LogP contribution in [0.25, 0.3) is 0 Å². The van der Waals surface area contributed by atoms with Gasteiger partial charge in [0.05, 0.1) is 28.3 Å². The van der Waals surface area contributed by atoms with Crippen LogP contribution in [-0.2, 0) is 22.6 Å². The van der Waals surface area contributed by atoms with Crippen LogP contribution in [0, 0.1) is 0 Å². The van der Waals surface area contributed by atoms with Crippen LogP contribution in [0.1, 0.15) is 17.2 Å². The highest BCUT2D eigenvalue weighted by Crippen LogP contribution is 2.40. The molecule has 0 spiro atoms. The van der Waals surface area contributed by atoms with Gasteiger partial charge in [0.2, 0.25) is 11.0 Å². The minimum atomic E-state index is -1.03. The SMILES string of the molecule is O=C(O)CC1SC(Cc2ccco2)N(c2nnc(COc3ccc(Cl)cc3Cl)s2)C1=O. The van der Waals surface area contributed by atoms with E-state index >= 15 is 0 Å². The number of aliphatic carboxylic acids is 1. The number of hydrogen-bond acceptors (Lipinski definition) is 8. The van der Waals surface area contributed by atoms with Crippen molar-refractivity contribution < 1.29 is 23.8 Å². The Bertz CT molecular complexity index is 1090. The third kappa shape index (κ3) is 5.15. The Hall–Kier alpha value is -2.27. The molecule has 1 fully saturated rings. The van der Waals surface area contributed by atoms with Crippen molar-refractivity contribution in [3.63, 3.8) is 0 Å². The smallest absolute Gasteiger partial charge is 0.305 e. The second-order valence-electron chi connectivity index (χ2n) is 6.51. The number of carbonyl (C=O) groups excluding carboxylic acids is 1. The van der Waals surface area contributed by atoms with Gasteiger partial charge in [-0.3, -0.25) is 14.5 Å². The summed E-state index contributed by atoms with van der Waals surface area (Å²) in [5.41, 5.74) is 0. The number of carbonyl (C=O) groups is 2. The van der Waals surface area contributed by atoms with Gasteiger partial charge in [0.15, 0.2) is 5.01 Å². The molecule has 0 aliphatic carbocycles. The molecule has 31 heavy (non-hydrogen) atoms. The van der Waals surface area contributed by atoms with Gasteiger partial charge in [-0.25, -0.2) is 0 Å². The van der Waals surface area contributed by atoms with Gasteiger partial charge in [-0.05, 0) is 30.3 Å². The number of hydrogen-bond donors (Lipinski definition) is 1. The number of ether oxygens (including phenoxy) is 1. The minimum Gasteiger partial charge on any atom is -0.485 e. The van der Waals surface area contributed by atoms with E-state index in [-0.39, 0.29) is 24.3 Å². The molecule has 3 aromatic rings. The van der Waals surface area contributed by atoms with Crippen LogP contribution >= 0.6 is 46.3 Å². The lowest BCUT2D eigenvalue weighted by molar-refractivity contribution is -0.138. The van der Waals surface area contributed by atoms with E-state index < -0.39 is 11.2 Å². The van der Waals surface area contributed by atoms with Gasteiger partial charge < -0.3 is 14.3 Å². The van der Waals surface area contributed by atoms with Gasteiger partial charge in [0, 0.05) is 11.4 Å². The highest BCUT2D eigenvalue weighted by atomic mass is 35.5.